The van der Waals surface area contributed by atoms with Crippen molar-refractivity contribution in [3.05, 3.63) is 54.1 Å². The number of aromatic nitrogens is 2. The zero-order valence-electron chi connectivity index (χ0n) is 15.9. The smallest absolute Gasteiger partial charge is 0.143 e. The SMILES string of the molecule is Fc1cnc2c(C3CCN(c4cccc(N5CCOCC5)c4)CC3)c[nH]c2c1. The Morgan fingerprint density at radius 1 is 1.00 bits per heavy atom. The molecule has 0 radical (unpaired) electrons. The molecule has 2 aromatic heterocycles. The maximum atomic E-state index is 13.4. The Labute approximate surface area is 164 Å². The third-order valence-corrected chi connectivity index (χ3v) is 6.02. The van der Waals surface area contributed by atoms with Gasteiger partial charge in [-0.3, -0.25) is 4.98 Å². The van der Waals surface area contributed by atoms with Crippen LogP contribution in [0, 0.1) is 5.82 Å². The predicted octanol–water partition coefficient (Wildman–Crippen LogP) is 3.92. The molecule has 2 fully saturated rings. The van der Waals surface area contributed by atoms with Crippen molar-refractivity contribution < 1.29 is 9.13 Å². The molecule has 5 nitrogen and oxygen atoms in total. The second-order valence-corrected chi connectivity index (χ2v) is 7.67. The number of fused-ring (bicyclic) bond motifs is 1. The monoisotopic (exact) mass is 380 g/mol. The number of morpholine rings is 1. The highest BCUT2D eigenvalue weighted by Gasteiger charge is 2.24. The molecular weight excluding hydrogens is 355 g/mol. The van der Waals surface area contributed by atoms with Gasteiger partial charge in [-0.2, -0.15) is 0 Å². The molecule has 2 aliphatic heterocycles. The molecule has 2 aliphatic rings. The van der Waals surface area contributed by atoms with Crippen LogP contribution < -0.4 is 9.80 Å². The predicted molar refractivity (Wildman–Crippen MR) is 110 cm³/mol. The van der Waals surface area contributed by atoms with Gasteiger partial charge in [-0.25, -0.2) is 4.39 Å². The fraction of sp³-hybridized carbons (Fsp3) is 0.409. The van der Waals surface area contributed by atoms with Crippen molar-refractivity contribution in [2.45, 2.75) is 18.8 Å². The van der Waals surface area contributed by atoms with E-state index >= 15 is 0 Å². The van der Waals surface area contributed by atoms with Gasteiger partial charge in [-0.15, -0.1) is 0 Å². The Morgan fingerprint density at radius 2 is 1.71 bits per heavy atom. The minimum absolute atomic E-state index is 0.295. The van der Waals surface area contributed by atoms with E-state index in [0.717, 1.165) is 63.3 Å². The summed E-state index contributed by atoms with van der Waals surface area (Å²) in [6, 6.07) is 10.4. The first-order chi connectivity index (χ1) is 13.8. The van der Waals surface area contributed by atoms with Crippen LogP contribution >= 0.6 is 0 Å². The van der Waals surface area contributed by atoms with Gasteiger partial charge < -0.3 is 19.5 Å². The maximum absolute atomic E-state index is 13.4. The molecule has 0 spiro atoms. The lowest BCUT2D eigenvalue weighted by Gasteiger charge is -2.35. The van der Waals surface area contributed by atoms with Gasteiger partial charge in [0, 0.05) is 49.8 Å². The van der Waals surface area contributed by atoms with E-state index in [1.165, 1.54) is 29.2 Å². The Kier molecular flexibility index (Phi) is 4.64. The van der Waals surface area contributed by atoms with Crippen LogP contribution in [0.15, 0.2) is 42.7 Å². The summed E-state index contributed by atoms with van der Waals surface area (Å²) in [5.74, 6) is 0.168. The third-order valence-electron chi connectivity index (χ3n) is 6.02. The van der Waals surface area contributed by atoms with Crippen LogP contribution in [0.25, 0.3) is 11.0 Å². The van der Waals surface area contributed by atoms with Crippen molar-refractivity contribution in [3.63, 3.8) is 0 Å². The molecule has 5 rings (SSSR count). The molecule has 0 saturated carbocycles. The van der Waals surface area contributed by atoms with Crippen molar-refractivity contribution in [2.75, 3.05) is 49.2 Å². The molecule has 0 bridgehead atoms. The third kappa shape index (κ3) is 3.33. The van der Waals surface area contributed by atoms with E-state index in [1.54, 1.807) is 0 Å². The summed E-state index contributed by atoms with van der Waals surface area (Å²) in [5, 5.41) is 0. The maximum Gasteiger partial charge on any atom is 0.143 e. The molecule has 3 aromatic rings. The first kappa shape index (κ1) is 17.5. The number of pyridine rings is 1. The average Bonchev–Trinajstić information content (AvgIpc) is 3.17. The van der Waals surface area contributed by atoms with Gasteiger partial charge in [0.15, 0.2) is 0 Å². The molecule has 0 amide bonds. The van der Waals surface area contributed by atoms with E-state index in [4.69, 9.17) is 4.74 Å². The molecular formula is C22H25FN4O. The van der Waals surface area contributed by atoms with Gasteiger partial charge in [0.2, 0.25) is 0 Å². The summed E-state index contributed by atoms with van der Waals surface area (Å²) in [7, 11) is 0. The number of piperidine rings is 1. The second kappa shape index (κ2) is 7.43. The first-order valence-corrected chi connectivity index (χ1v) is 10.1. The molecule has 1 N–H and O–H groups in total. The highest BCUT2D eigenvalue weighted by Crippen LogP contribution is 2.34. The summed E-state index contributed by atoms with van der Waals surface area (Å²) < 4.78 is 18.9. The number of hydrogen-bond acceptors (Lipinski definition) is 4. The lowest BCUT2D eigenvalue weighted by molar-refractivity contribution is 0.122. The van der Waals surface area contributed by atoms with E-state index in [2.05, 4.69) is 44.0 Å². The Balaban J connectivity index is 1.29. The zero-order valence-corrected chi connectivity index (χ0v) is 15.9. The number of halogens is 1. The van der Waals surface area contributed by atoms with Gasteiger partial charge in [-0.05, 0) is 42.5 Å². The fourth-order valence-electron chi connectivity index (χ4n) is 4.47. The van der Waals surface area contributed by atoms with E-state index < -0.39 is 0 Å². The van der Waals surface area contributed by atoms with Crippen LogP contribution in [-0.2, 0) is 4.74 Å². The highest BCUT2D eigenvalue weighted by molar-refractivity contribution is 5.79. The van der Waals surface area contributed by atoms with Crippen LogP contribution in [0.5, 0.6) is 0 Å². The Bertz CT molecular complexity index is 958. The normalized spacial score (nSPS) is 18.8. The van der Waals surface area contributed by atoms with Gasteiger partial charge in [0.25, 0.3) is 0 Å². The van der Waals surface area contributed by atoms with Gasteiger partial charge >= 0.3 is 0 Å². The molecule has 0 atom stereocenters. The van der Waals surface area contributed by atoms with Crippen molar-refractivity contribution >= 4 is 22.4 Å². The fourth-order valence-corrected chi connectivity index (χ4v) is 4.47. The standard InChI is InChI=1S/C22H25FN4O/c23-17-12-21-22(25-14-17)20(15-24-21)16-4-6-26(7-5-16)18-2-1-3-19(13-18)27-8-10-28-11-9-27/h1-3,12-16,24H,4-11H2. The van der Waals surface area contributed by atoms with Crippen molar-refractivity contribution in [1.29, 1.82) is 0 Å². The van der Waals surface area contributed by atoms with Gasteiger partial charge in [-0.1, -0.05) is 6.07 Å². The number of anilines is 2. The van der Waals surface area contributed by atoms with Crippen LogP contribution in [0.4, 0.5) is 15.8 Å². The van der Waals surface area contributed by atoms with Gasteiger partial charge in [0.05, 0.1) is 30.4 Å². The minimum Gasteiger partial charge on any atom is -0.378 e. The van der Waals surface area contributed by atoms with Crippen LogP contribution in [0.1, 0.15) is 24.3 Å². The molecule has 0 unspecified atom stereocenters. The van der Waals surface area contributed by atoms with E-state index in [9.17, 15) is 4.39 Å². The average molecular weight is 380 g/mol. The minimum atomic E-state index is -0.295. The van der Waals surface area contributed by atoms with Crippen molar-refractivity contribution in [2.24, 2.45) is 0 Å². The van der Waals surface area contributed by atoms with Crippen LogP contribution in [0.2, 0.25) is 0 Å². The molecule has 146 valence electrons. The Hall–Kier alpha value is -2.60. The number of ether oxygens (including phenoxy) is 1. The largest absolute Gasteiger partial charge is 0.378 e. The lowest BCUT2D eigenvalue weighted by Crippen LogP contribution is -2.36. The number of nitrogens with one attached hydrogen (secondary N) is 1. The van der Waals surface area contributed by atoms with Gasteiger partial charge in [0.1, 0.15) is 5.82 Å². The summed E-state index contributed by atoms with van der Waals surface area (Å²) in [6.45, 7) is 5.56. The molecule has 1 aromatic carbocycles. The number of benzene rings is 1. The highest BCUT2D eigenvalue weighted by atomic mass is 19.1. The lowest BCUT2D eigenvalue weighted by atomic mass is 9.90. The van der Waals surface area contributed by atoms with Crippen molar-refractivity contribution in [1.82, 2.24) is 9.97 Å². The molecule has 4 heterocycles. The van der Waals surface area contributed by atoms with E-state index in [0.29, 0.717) is 5.92 Å². The van der Waals surface area contributed by atoms with Crippen LogP contribution in [0.3, 0.4) is 0 Å². The first-order valence-electron chi connectivity index (χ1n) is 10.1. The molecule has 0 aliphatic carbocycles. The molecule has 6 heteroatoms. The second-order valence-electron chi connectivity index (χ2n) is 7.67. The van der Waals surface area contributed by atoms with E-state index in [1.807, 2.05) is 6.20 Å². The van der Waals surface area contributed by atoms with Crippen molar-refractivity contribution in [3.8, 4) is 0 Å². The van der Waals surface area contributed by atoms with E-state index in [-0.39, 0.29) is 5.82 Å². The number of hydrogen-bond donors (Lipinski definition) is 1. The summed E-state index contributed by atoms with van der Waals surface area (Å²) >= 11 is 0. The Morgan fingerprint density at radius 3 is 2.46 bits per heavy atom. The van der Waals surface area contributed by atoms with Crippen LogP contribution in [-0.4, -0.2) is 49.4 Å². The summed E-state index contributed by atoms with van der Waals surface area (Å²) in [6.07, 6.45) is 5.48. The number of H-pyrrole nitrogens is 1. The zero-order chi connectivity index (χ0) is 18.9. The topological polar surface area (TPSA) is 44.4 Å². The summed E-state index contributed by atoms with van der Waals surface area (Å²) in [5.41, 5.74) is 5.49. The quantitative estimate of drug-likeness (QED) is 0.748. The molecule has 2 saturated heterocycles. The number of aromatic amines is 1. The number of rotatable bonds is 3. The summed E-state index contributed by atoms with van der Waals surface area (Å²) in [4.78, 5) is 12.4. The molecule has 28 heavy (non-hydrogen) atoms. The number of nitrogens with zero attached hydrogens (tertiary/aromatic N) is 3.